The van der Waals surface area contributed by atoms with Gasteiger partial charge in [0.05, 0.1) is 14.2 Å². The topological polar surface area (TPSA) is 64.6 Å². The van der Waals surface area contributed by atoms with E-state index >= 15 is 0 Å². The molecule has 2 fully saturated rings. The molecule has 31 heavy (non-hydrogen) atoms. The molecule has 2 saturated carbocycles. The van der Waals surface area contributed by atoms with Gasteiger partial charge in [-0.2, -0.15) is 0 Å². The van der Waals surface area contributed by atoms with Gasteiger partial charge in [0.2, 0.25) is 0 Å². The minimum absolute atomic E-state index is 0.0653. The van der Waals surface area contributed by atoms with Crippen molar-refractivity contribution >= 4 is 11.7 Å². The molecule has 0 saturated heterocycles. The van der Waals surface area contributed by atoms with E-state index in [1.165, 1.54) is 0 Å². The Morgan fingerprint density at radius 1 is 0.871 bits per heavy atom. The Morgan fingerprint density at radius 2 is 1.55 bits per heavy atom. The predicted octanol–water partition coefficient (Wildman–Crippen LogP) is 5.14. The van der Waals surface area contributed by atoms with E-state index in [-0.39, 0.29) is 23.7 Å². The maximum atomic E-state index is 12.9. The number of nitrogens with one attached hydrogen (secondary N) is 1. The van der Waals surface area contributed by atoms with Crippen LogP contribution in [0.4, 0.5) is 0 Å². The molecule has 2 aliphatic rings. The number of amides is 1. The van der Waals surface area contributed by atoms with Crippen LogP contribution in [0.1, 0.15) is 77.1 Å². The molecule has 2 atom stereocenters. The Balaban J connectivity index is 1.45. The molecule has 1 amide bonds. The molecule has 4 rings (SSSR count). The summed E-state index contributed by atoms with van der Waals surface area (Å²) >= 11 is 0. The lowest BCUT2D eigenvalue weighted by Crippen LogP contribution is -2.41. The Labute approximate surface area is 184 Å². The fourth-order valence-electron chi connectivity index (χ4n) is 4.55. The second kappa shape index (κ2) is 9.54. The Bertz CT molecular complexity index is 933. The summed E-state index contributed by atoms with van der Waals surface area (Å²) in [5.74, 6) is 2.31. The molecule has 0 aliphatic heterocycles. The van der Waals surface area contributed by atoms with Crippen molar-refractivity contribution in [3.63, 3.8) is 0 Å². The lowest BCUT2D eigenvalue weighted by molar-refractivity contribution is 0.0918. The van der Waals surface area contributed by atoms with Crippen molar-refractivity contribution in [2.45, 2.75) is 56.9 Å². The van der Waals surface area contributed by atoms with Gasteiger partial charge in [-0.05, 0) is 61.4 Å². The monoisotopic (exact) mass is 421 g/mol. The van der Waals surface area contributed by atoms with Gasteiger partial charge in [-0.25, -0.2) is 0 Å². The van der Waals surface area contributed by atoms with E-state index < -0.39 is 0 Å². The van der Waals surface area contributed by atoms with Gasteiger partial charge in [0.15, 0.2) is 17.3 Å². The van der Waals surface area contributed by atoms with Crippen molar-refractivity contribution in [1.29, 1.82) is 0 Å². The first kappa shape index (κ1) is 21.4. The highest BCUT2D eigenvalue weighted by Crippen LogP contribution is 2.37. The maximum absolute atomic E-state index is 12.9. The SMILES string of the molecule is COc1ccc([C@H]2CCCC[C@H]2NC(=O)c2ccc(C(=O)CC3CC3)cc2)cc1OC. The predicted molar refractivity (Wildman–Crippen MR) is 120 cm³/mol. The number of ketones is 1. The minimum atomic E-state index is -0.0847. The van der Waals surface area contributed by atoms with Crippen molar-refractivity contribution in [2.24, 2.45) is 5.92 Å². The van der Waals surface area contributed by atoms with Crippen molar-refractivity contribution in [3.8, 4) is 11.5 Å². The summed E-state index contributed by atoms with van der Waals surface area (Å²) in [6.07, 6.45) is 7.16. The molecule has 5 nitrogen and oxygen atoms in total. The summed E-state index contributed by atoms with van der Waals surface area (Å²) < 4.78 is 10.8. The molecule has 1 N–H and O–H groups in total. The fraction of sp³-hybridized carbons (Fsp3) is 0.462. The maximum Gasteiger partial charge on any atom is 0.251 e. The first-order chi connectivity index (χ1) is 15.1. The van der Waals surface area contributed by atoms with Crippen LogP contribution in [0.15, 0.2) is 42.5 Å². The van der Waals surface area contributed by atoms with Gasteiger partial charge in [0.25, 0.3) is 5.91 Å². The number of hydrogen-bond donors (Lipinski definition) is 1. The summed E-state index contributed by atoms with van der Waals surface area (Å²) in [7, 11) is 3.27. The van der Waals surface area contributed by atoms with E-state index in [4.69, 9.17) is 9.47 Å². The van der Waals surface area contributed by atoms with Crippen LogP contribution in [-0.2, 0) is 0 Å². The zero-order valence-corrected chi connectivity index (χ0v) is 18.4. The van der Waals surface area contributed by atoms with Crippen LogP contribution in [0.3, 0.4) is 0 Å². The number of rotatable bonds is 8. The van der Waals surface area contributed by atoms with Crippen molar-refractivity contribution in [1.82, 2.24) is 5.32 Å². The summed E-state index contributed by atoms with van der Waals surface area (Å²) in [6.45, 7) is 0. The second-order valence-corrected chi connectivity index (χ2v) is 8.73. The summed E-state index contributed by atoms with van der Waals surface area (Å²) in [6, 6.07) is 13.2. The number of hydrogen-bond acceptors (Lipinski definition) is 4. The molecule has 5 heteroatoms. The molecule has 0 radical (unpaired) electrons. The first-order valence-electron chi connectivity index (χ1n) is 11.2. The second-order valence-electron chi connectivity index (χ2n) is 8.73. The highest BCUT2D eigenvalue weighted by atomic mass is 16.5. The number of methoxy groups -OCH3 is 2. The van der Waals surface area contributed by atoms with Crippen LogP contribution in [0, 0.1) is 5.92 Å². The summed E-state index contributed by atoms with van der Waals surface area (Å²) in [5, 5.41) is 3.24. The van der Waals surface area contributed by atoms with E-state index in [1.807, 2.05) is 12.1 Å². The summed E-state index contributed by atoms with van der Waals surface area (Å²) in [5.41, 5.74) is 2.45. The van der Waals surface area contributed by atoms with E-state index in [0.29, 0.717) is 35.0 Å². The molecule has 2 aliphatic carbocycles. The number of carbonyl (C=O) groups is 2. The third kappa shape index (κ3) is 5.09. The van der Waals surface area contributed by atoms with Crippen LogP contribution in [-0.4, -0.2) is 32.0 Å². The van der Waals surface area contributed by atoms with Gasteiger partial charge in [0.1, 0.15) is 0 Å². The largest absolute Gasteiger partial charge is 0.493 e. The normalized spacial score (nSPS) is 20.7. The number of benzene rings is 2. The summed E-state index contributed by atoms with van der Waals surface area (Å²) in [4.78, 5) is 25.2. The van der Waals surface area contributed by atoms with Gasteiger partial charge >= 0.3 is 0 Å². The van der Waals surface area contributed by atoms with Gasteiger partial charge in [-0.3, -0.25) is 9.59 Å². The van der Waals surface area contributed by atoms with Crippen LogP contribution in [0.2, 0.25) is 0 Å². The third-order valence-electron chi connectivity index (χ3n) is 6.56. The molecule has 2 aromatic rings. The van der Waals surface area contributed by atoms with E-state index in [1.54, 1.807) is 38.5 Å². The minimum Gasteiger partial charge on any atom is -0.493 e. The molecular formula is C26H31NO4. The van der Waals surface area contributed by atoms with Crippen LogP contribution >= 0.6 is 0 Å². The zero-order valence-electron chi connectivity index (χ0n) is 18.4. The average molecular weight is 422 g/mol. The Morgan fingerprint density at radius 3 is 2.23 bits per heavy atom. The number of carbonyl (C=O) groups excluding carboxylic acids is 2. The molecule has 0 spiro atoms. The van der Waals surface area contributed by atoms with Gasteiger partial charge in [-0.15, -0.1) is 0 Å². The highest BCUT2D eigenvalue weighted by Gasteiger charge is 2.29. The van der Waals surface area contributed by atoms with Crippen LogP contribution in [0.5, 0.6) is 11.5 Å². The molecule has 0 aromatic heterocycles. The fourth-order valence-corrected chi connectivity index (χ4v) is 4.55. The average Bonchev–Trinajstić information content (AvgIpc) is 3.63. The van der Waals surface area contributed by atoms with E-state index in [2.05, 4.69) is 11.4 Å². The van der Waals surface area contributed by atoms with Crippen molar-refractivity contribution in [2.75, 3.05) is 14.2 Å². The standard InChI is InChI=1S/C26H31NO4/c1-30-24-14-13-20(16-25(24)31-2)21-5-3-4-6-22(21)27-26(29)19-11-9-18(10-12-19)23(28)15-17-7-8-17/h9-14,16-17,21-22H,3-8,15H2,1-2H3,(H,27,29)/t21-,22-/m1/s1. The van der Waals surface area contributed by atoms with Crippen LogP contribution in [0.25, 0.3) is 0 Å². The first-order valence-corrected chi connectivity index (χ1v) is 11.2. The number of Topliss-reactive ketones (excluding diaryl/α,β-unsaturated/α-hetero) is 1. The van der Waals surface area contributed by atoms with Gasteiger partial charge in [0, 0.05) is 29.5 Å². The van der Waals surface area contributed by atoms with Crippen LogP contribution < -0.4 is 14.8 Å². The van der Waals surface area contributed by atoms with Crippen molar-refractivity contribution < 1.29 is 19.1 Å². The lowest BCUT2D eigenvalue weighted by Gasteiger charge is -2.33. The third-order valence-corrected chi connectivity index (χ3v) is 6.56. The van der Waals surface area contributed by atoms with Gasteiger partial charge < -0.3 is 14.8 Å². The molecule has 164 valence electrons. The highest BCUT2D eigenvalue weighted by molar-refractivity contribution is 5.99. The zero-order chi connectivity index (χ0) is 21.8. The Hall–Kier alpha value is -2.82. The lowest BCUT2D eigenvalue weighted by atomic mass is 9.79. The van der Waals surface area contributed by atoms with E-state index in [0.717, 1.165) is 44.1 Å². The Kier molecular flexibility index (Phi) is 6.59. The smallest absolute Gasteiger partial charge is 0.251 e. The van der Waals surface area contributed by atoms with Gasteiger partial charge in [-0.1, -0.05) is 31.0 Å². The molecule has 0 heterocycles. The van der Waals surface area contributed by atoms with E-state index in [9.17, 15) is 9.59 Å². The number of ether oxygens (including phenoxy) is 2. The molecule has 0 bridgehead atoms. The molecular weight excluding hydrogens is 390 g/mol. The molecule has 0 unspecified atom stereocenters. The molecule has 2 aromatic carbocycles. The van der Waals surface area contributed by atoms with Crippen molar-refractivity contribution in [3.05, 3.63) is 59.2 Å². The quantitative estimate of drug-likeness (QED) is 0.599.